The second-order valence-corrected chi connectivity index (χ2v) is 5.82. The number of halogens is 2. The molecule has 0 amide bonds. The van der Waals surface area contributed by atoms with E-state index < -0.39 is 6.10 Å². The average molecular weight is 306 g/mol. The first-order valence-electron chi connectivity index (χ1n) is 6.39. The van der Waals surface area contributed by atoms with Crippen molar-refractivity contribution < 1.29 is 9.84 Å². The highest BCUT2D eigenvalue weighted by molar-refractivity contribution is 6.35. The van der Waals surface area contributed by atoms with Gasteiger partial charge in [-0.1, -0.05) is 37.0 Å². The first kappa shape index (κ1) is 16.6. The van der Waals surface area contributed by atoms with Gasteiger partial charge in [-0.3, -0.25) is 0 Å². The van der Waals surface area contributed by atoms with Gasteiger partial charge in [0, 0.05) is 17.6 Å². The zero-order valence-corrected chi connectivity index (χ0v) is 13.0. The van der Waals surface area contributed by atoms with E-state index in [0.29, 0.717) is 34.3 Å². The van der Waals surface area contributed by atoms with Crippen molar-refractivity contribution in [3.05, 3.63) is 28.2 Å². The van der Waals surface area contributed by atoms with E-state index in [1.54, 1.807) is 18.2 Å². The Balaban J connectivity index is 2.35. The molecule has 0 fully saturated rings. The molecule has 0 spiro atoms. The highest BCUT2D eigenvalue weighted by Crippen LogP contribution is 2.27. The number of hydrogen-bond donors (Lipinski definition) is 2. The summed E-state index contributed by atoms with van der Waals surface area (Å²) in [4.78, 5) is 0. The zero-order chi connectivity index (χ0) is 14.4. The third-order valence-corrected chi connectivity index (χ3v) is 3.53. The third kappa shape index (κ3) is 6.00. The minimum atomic E-state index is -0.576. The van der Waals surface area contributed by atoms with Crippen LogP contribution in [0, 0.1) is 5.92 Å². The summed E-state index contributed by atoms with van der Waals surface area (Å²) in [6.07, 6.45) is -0.576. The highest BCUT2D eigenvalue weighted by Gasteiger charge is 2.11. The van der Waals surface area contributed by atoms with Gasteiger partial charge in [-0.15, -0.1) is 0 Å². The normalized spacial score (nSPS) is 14.5. The molecule has 0 saturated carbocycles. The number of ether oxygens (including phenoxy) is 1. The lowest BCUT2D eigenvalue weighted by molar-refractivity contribution is 0.102. The Kier molecular flexibility index (Phi) is 6.94. The molecule has 2 atom stereocenters. The van der Waals surface area contributed by atoms with Crippen molar-refractivity contribution in [1.82, 2.24) is 5.32 Å². The Bertz CT molecular complexity index is 399. The van der Waals surface area contributed by atoms with E-state index >= 15 is 0 Å². The Morgan fingerprint density at radius 3 is 2.53 bits per heavy atom. The summed E-state index contributed by atoms with van der Waals surface area (Å²) < 4.78 is 5.47. The Morgan fingerprint density at radius 1 is 1.26 bits per heavy atom. The summed E-state index contributed by atoms with van der Waals surface area (Å²) in [5, 5.41) is 14.1. The molecule has 19 heavy (non-hydrogen) atoms. The molecule has 0 bridgehead atoms. The number of benzene rings is 1. The largest absolute Gasteiger partial charge is 0.489 e. The number of rotatable bonds is 7. The predicted molar refractivity (Wildman–Crippen MR) is 80.3 cm³/mol. The smallest absolute Gasteiger partial charge is 0.138 e. The van der Waals surface area contributed by atoms with Crippen molar-refractivity contribution in [3.63, 3.8) is 0 Å². The lowest BCUT2D eigenvalue weighted by atomic mass is 10.1. The van der Waals surface area contributed by atoms with Crippen molar-refractivity contribution >= 4 is 23.2 Å². The maximum absolute atomic E-state index is 9.83. The van der Waals surface area contributed by atoms with Gasteiger partial charge < -0.3 is 15.2 Å². The van der Waals surface area contributed by atoms with Crippen LogP contribution in [0.5, 0.6) is 5.75 Å². The molecule has 2 N–H and O–H groups in total. The Labute approximate surface area is 124 Å². The van der Waals surface area contributed by atoms with Crippen molar-refractivity contribution in [2.24, 2.45) is 5.92 Å². The van der Waals surface area contributed by atoms with Crippen molar-refractivity contribution in [2.45, 2.75) is 32.9 Å². The fourth-order valence-electron chi connectivity index (χ4n) is 1.39. The van der Waals surface area contributed by atoms with Crippen molar-refractivity contribution in [2.75, 3.05) is 13.2 Å². The average Bonchev–Trinajstić information content (AvgIpc) is 2.34. The van der Waals surface area contributed by atoms with Gasteiger partial charge in [0.05, 0.1) is 5.02 Å². The molecular formula is C14H21Cl2NO2. The number of aliphatic hydroxyl groups is 1. The topological polar surface area (TPSA) is 41.5 Å². The summed E-state index contributed by atoms with van der Waals surface area (Å²) >= 11 is 11.8. The Hall–Kier alpha value is -0.480. The van der Waals surface area contributed by atoms with Crippen LogP contribution in [0.15, 0.2) is 18.2 Å². The molecule has 0 aliphatic carbocycles. The van der Waals surface area contributed by atoms with Gasteiger partial charge in [0.1, 0.15) is 18.5 Å². The van der Waals surface area contributed by atoms with Crippen LogP contribution in [-0.4, -0.2) is 30.4 Å². The van der Waals surface area contributed by atoms with E-state index in [1.807, 2.05) is 0 Å². The minimum Gasteiger partial charge on any atom is -0.489 e. The van der Waals surface area contributed by atoms with Gasteiger partial charge in [0.25, 0.3) is 0 Å². The summed E-state index contributed by atoms with van der Waals surface area (Å²) in [5.74, 6) is 1.06. The molecule has 0 aliphatic rings. The lowest BCUT2D eigenvalue weighted by Crippen LogP contribution is -2.38. The fourth-order valence-corrected chi connectivity index (χ4v) is 1.86. The van der Waals surface area contributed by atoms with Gasteiger partial charge in [0.15, 0.2) is 0 Å². The number of nitrogens with one attached hydrogen (secondary N) is 1. The third-order valence-electron chi connectivity index (χ3n) is 3.00. The van der Waals surface area contributed by atoms with E-state index in [-0.39, 0.29) is 6.61 Å². The fraction of sp³-hybridized carbons (Fsp3) is 0.571. The molecule has 108 valence electrons. The standard InChI is InChI=1S/C14H21Cl2NO2/c1-9(2)10(3)17-7-12(18)8-19-14-5-4-11(15)6-13(14)16/h4-6,9-10,12,17-18H,7-8H2,1-3H3. The first-order valence-corrected chi connectivity index (χ1v) is 7.15. The van der Waals surface area contributed by atoms with Crippen molar-refractivity contribution in [1.29, 1.82) is 0 Å². The number of aliphatic hydroxyl groups excluding tert-OH is 1. The van der Waals surface area contributed by atoms with Crippen LogP contribution in [0.2, 0.25) is 10.0 Å². The molecule has 3 nitrogen and oxygen atoms in total. The quantitative estimate of drug-likeness (QED) is 0.811. The second kappa shape index (κ2) is 7.95. The predicted octanol–water partition coefficient (Wildman–Crippen LogP) is 3.37. The zero-order valence-electron chi connectivity index (χ0n) is 11.5. The summed E-state index contributed by atoms with van der Waals surface area (Å²) in [6, 6.07) is 5.37. The Morgan fingerprint density at radius 2 is 1.95 bits per heavy atom. The monoisotopic (exact) mass is 305 g/mol. The molecular weight excluding hydrogens is 285 g/mol. The van der Waals surface area contributed by atoms with Gasteiger partial charge in [-0.2, -0.15) is 0 Å². The van der Waals surface area contributed by atoms with Crippen LogP contribution in [0.1, 0.15) is 20.8 Å². The summed E-state index contributed by atoms with van der Waals surface area (Å²) in [6.45, 7) is 7.04. The van der Waals surface area contributed by atoms with E-state index in [4.69, 9.17) is 27.9 Å². The van der Waals surface area contributed by atoms with E-state index in [1.165, 1.54) is 0 Å². The highest BCUT2D eigenvalue weighted by atomic mass is 35.5. The summed E-state index contributed by atoms with van der Waals surface area (Å²) in [5.41, 5.74) is 0. The van der Waals surface area contributed by atoms with Crippen molar-refractivity contribution in [3.8, 4) is 5.75 Å². The van der Waals surface area contributed by atoms with Gasteiger partial charge >= 0.3 is 0 Å². The molecule has 5 heteroatoms. The summed E-state index contributed by atoms with van der Waals surface area (Å²) in [7, 11) is 0. The van der Waals surface area contributed by atoms with Crippen LogP contribution in [-0.2, 0) is 0 Å². The molecule has 0 aliphatic heterocycles. The van der Waals surface area contributed by atoms with E-state index in [9.17, 15) is 5.11 Å². The molecule has 0 saturated heterocycles. The van der Waals surface area contributed by atoms with Gasteiger partial charge in [0.2, 0.25) is 0 Å². The minimum absolute atomic E-state index is 0.194. The maximum atomic E-state index is 9.83. The molecule has 0 heterocycles. The van der Waals surface area contributed by atoms with Crippen LogP contribution in [0.4, 0.5) is 0 Å². The first-order chi connectivity index (χ1) is 8.90. The van der Waals surface area contributed by atoms with Crippen LogP contribution in [0.3, 0.4) is 0 Å². The van der Waals surface area contributed by atoms with E-state index in [2.05, 4.69) is 26.1 Å². The van der Waals surface area contributed by atoms with E-state index in [0.717, 1.165) is 0 Å². The van der Waals surface area contributed by atoms with Gasteiger partial charge in [-0.05, 0) is 31.0 Å². The number of hydrogen-bond acceptors (Lipinski definition) is 3. The van der Waals surface area contributed by atoms with Crippen LogP contribution < -0.4 is 10.1 Å². The molecule has 1 aromatic carbocycles. The van der Waals surface area contributed by atoms with Crippen LogP contribution in [0.25, 0.3) is 0 Å². The molecule has 2 unspecified atom stereocenters. The molecule has 1 rings (SSSR count). The maximum Gasteiger partial charge on any atom is 0.138 e. The van der Waals surface area contributed by atoms with Crippen LogP contribution >= 0.6 is 23.2 Å². The SMILES string of the molecule is CC(C)C(C)NCC(O)COc1ccc(Cl)cc1Cl. The van der Waals surface area contributed by atoms with Gasteiger partial charge in [-0.25, -0.2) is 0 Å². The lowest BCUT2D eigenvalue weighted by Gasteiger charge is -2.20. The molecule has 0 aromatic heterocycles. The second-order valence-electron chi connectivity index (χ2n) is 4.98. The molecule has 0 radical (unpaired) electrons. The molecule has 1 aromatic rings.